The fourth-order valence-electron chi connectivity index (χ4n) is 1.29. The highest BCUT2D eigenvalue weighted by Gasteiger charge is 2.03. The maximum absolute atomic E-state index is 5.72. The Bertz CT molecular complexity index is 455. The van der Waals surface area contributed by atoms with Gasteiger partial charge in [0.2, 0.25) is 5.95 Å². The van der Waals surface area contributed by atoms with E-state index in [4.69, 9.17) is 11.5 Å². The average molecular weight is 201 g/mol. The van der Waals surface area contributed by atoms with Crippen molar-refractivity contribution in [3.8, 4) is 0 Å². The van der Waals surface area contributed by atoms with Crippen LogP contribution in [0, 0.1) is 0 Å². The standard InChI is InChI=1S/C10H11N5/c11-9-8(6-14-10(12)15-9)4-7-2-1-3-13-5-7/h1-3,5-6H,4H2,(H4,11,12,14,15). The Hall–Kier alpha value is -2.17. The topological polar surface area (TPSA) is 90.7 Å². The molecule has 0 aliphatic carbocycles. The summed E-state index contributed by atoms with van der Waals surface area (Å²) in [6.07, 6.45) is 5.83. The molecule has 5 nitrogen and oxygen atoms in total. The predicted molar refractivity (Wildman–Crippen MR) is 57.9 cm³/mol. The van der Waals surface area contributed by atoms with Crippen LogP contribution in [0.15, 0.2) is 30.7 Å². The second kappa shape index (κ2) is 3.91. The highest BCUT2D eigenvalue weighted by Crippen LogP contribution is 2.13. The molecule has 15 heavy (non-hydrogen) atoms. The number of rotatable bonds is 2. The van der Waals surface area contributed by atoms with Gasteiger partial charge < -0.3 is 11.5 Å². The van der Waals surface area contributed by atoms with Crippen molar-refractivity contribution >= 4 is 11.8 Å². The predicted octanol–water partition coefficient (Wildman–Crippen LogP) is 0.627. The minimum atomic E-state index is 0.197. The van der Waals surface area contributed by atoms with Crippen molar-refractivity contribution in [2.75, 3.05) is 11.5 Å². The largest absolute Gasteiger partial charge is 0.383 e. The minimum absolute atomic E-state index is 0.197. The van der Waals surface area contributed by atoms with E-state index in [9.17, 15) is 0 Å². The van der Waals surface area contributed by atoms with Crippen LogP contribution in [-0.4, -0.2) is 15.0 Å². The first-order valence-electron chi connectivity index (χ1n) is 4.51. The molecular weight excluding hydrogens is 190 g/mol. The number of anilines is 2. The third-order valence-electron chi connectivity index (χ3n) is 2.03. The highest BCUT2D eigenvalue weighted by molar-refractivity contribution is 5.43. The van der Waals surface area contributed by atoms with Gasteiger partial charge in [0.05, 0.1) is 0 Å². The number of hydrogen-bond donors (Lipinski definition) is 2. The van der Waals surface area contributed by atoms with Crippen molar-refractivity contribution in [1.82, 2.24) is 15.0 Å². The van der Waals surface area contributed by atoms with E-state index in [0.29, 0.717) is 12.2 Å². The molecule has 2 aromatic rings. The molecular formula is C10H11N5. The Kier molecular flexibility index (Phi) is 2.45. The molecule has 0 bridgehead atoms. The summed E-state index contributed by atoms with van der Waals surface area (Å²) in [4.78, 5) is 11.8. The van der Waals surface area contributed by atoms with E-state index >= 15 is 0 Å². The van der Waals surface area contributed by atoms with E-state index in [0.717, 1.165) is 11.1 Å². The van der Waals surface area contributed by atoms with E-state index in [1.165, 1.54) is 0 Å². The zero-order valence-corrected chi connectivity index (χ0v) is 8.09. The van der Waals surface area contributed by atoms with Crippen LogP contribution >= 0.6 is 0 Å². The first kappa shape index (κ1) is 9.39. The van der Waals surface area contributed by atoms with Crippen LogP contribution in [0.1, 0.15) is 11.1 Å². The quantitative estimate of drug-likeness (QED) is 0.743. The summed E-state index contributed by atoms with van der Waals surface area (Å²) < 4.78 is 0. The normalized spacial score (nSPS) is 10.1. The van der Waals surface area contributed by atoms with Crippen molar-refractivity contribution in [2.45, 2.75) is 6.42 Å². The summed E-state index contributed by atoms with van der Waals surface area (Å²) in [6, 6.07) is 3.85. The summed E-state index contributed by atoms with van der Waals surface area (Å²) >= 11 is 0. The number of hydrogen-bond acceptors (Lipinski definition) is 5. The second-order valence-corrected chi connectivity index (χ2v) is 3.18. The number of aromatic nitrogens is 3. The van der Waals surface area contributed by atoms with Crippen LogP contribution in [0.4, 0.5) is 11.8 Å². The van der Waals surface area contributed by atoms with Gasteiger partial charge in [-0.05, 0) is 11.6 Å². The molecule has 2 aromatic heterocycles. The van der Waals surface area contributed by atoms with Gasteiger partial charge >= 0.3 is 0 Å². The van der Waals surface area contributed by atoms with Gasteiger partial charge in [-0.25, -0.2) is 4.98 Å². The van der Waals surface area contributed by atoms with Crippen LogP contribution in [0.2, 0.25) is 0 Å². The molecule has 2 heterocycles. The number of nitrogens with two attached hydrogens (primary N) is 2. The lowest BCUT2D eigenvalue weighted by Gasteiger charge is -2.04. The van der Waals surface area contributed by atoms with Gasteiger partial charge in [0, 0.05) is 30.6 Å². The Labute approximate surface area is 87.2 Å². The van der Waals surface area contributed by atoms with Crippen LogP contribution < -0.4 is 11.5 Å². The zero-order chi connectivity index (χ0) is 10.7. The number of nitrogen functional groups attached to an aromatic ring is 2. The highest BCUT2D eigenvalue weighted by atomic mass is 15.0. The lowest BCUT2D eigenvalue weighted by Crippen LogP contribution is -2.04. The van der Waals surface area contributed by atoms with E-state index in [1.54, 1.807) is 18.6 Å². The average Bonchev–Trinajstić information content (AvgIpc) is 2.24. The molecule has 2 rings (SSSR count). The summed E-state index contributed by atoms with van der Waals surface area (Å²) in [6.45, 7) is 0. The fraction of sp³-hybridized carbons (Fsp3) is 0.100. The van der Waals surface area contributed by atoms with Gasteiger partial charge in [-0.2, -0.15) is 4.98 Å². The molecule has 0 amide bonds. The Morgan fingerprint density at radius 1 is 1.20 bits per heavy atom. The molecule has 0 unspecified atom stereocenters. The van der Waals surface area contributed by atoms with Gasteiger partial charge in [0.25, 0.3) is 0 Å². The minimum Gasteiger partial charge on any atom is -0.383 e. The molecule has 0 aliphatic rings. The summed E-state index contributed by atoms with van der Waals surface area (Å²) in [5.74, 6) is 0.619. The third-order valence-corrected chi connectivity index (χ3v) is 2.03. The molecule has 76 valence electrons. The van der Waals surface area contributed by atoms with Crippen molar-refractivity contribution < 1.29 is 0 Å². The monoisotopic (exact) mass is 201 g/mol. The van der Waals surface area contributed by atoms with Crippen LogP contribution in [0.25, 0.3) is 0 Å². The Morgan fingerprint density at radius 2 is 2.07 bits per heavy atom. The maximum atomic E-state index is 5.72. The second-order valence-electron chi connectivity index (χ2n) is 3.18. The van der Waals surface area contributed by atoms with Crippen LogP contribution in [0.5, 0.6) is 0 Å². The van der Waals surface area contributed by atoms with Crippen molar-refractivity contribution in [1.29, 1.82) is 0 Å². The maximum Gasteiger partial charge on any atom is 0.221 e. The molecule has 0 saturated carbocycles. The summed E-state index contributed by atoms with van der Waals surface area (Å²) in [5.41, 5.74) is 13.0. The molecule has 0 aliphatic heterocycles. The van der Waals surface area contributed by atoms with Crippen LogP contribution in [-0.2, 0) is 6.42 Å². The van der Waals surface area contributed by atoms with E-state index in [2.05, 4.69) is 15.0 Å². The van der Waals surface area contributed by atoms with E-state index in [1.807, 2.05) is 12.1 Å². The van der Waals surface area contributed by atoms with Crippen LogP contribution in [0.3, 0.4) is 0 Å². The molecule has 0 radical (unpaired) electrons. The lowest BCUT2D eigenvalue weighted by atomic mass is 10.1. The van der Waals surface area contributed by atoms with Gasteiger partial charge in [-0.15, -0.1) is 0 Å². The fourth-order valence-corrected chi connectivity index (χ4v) is 1.29. The molecule has 0 aromatic carbocycles. The van der Waals surface area contributed by atoms with Crippen molar-refractivity contribution in [3.05, 3.63) is 41.9 Å². The first-order valence-corrected chi connectivity index (χ1v) is 4.51. The smallest absolute Gasteiger partial charge is 0.221 e. The van der Waals surface area contributed by atoms with E-state index < -0.39 is 0 Å². The SMILES string of the molecule is Nc1ncc(Cc2cccnc2)c(N)n1. The van der Waals surface area contributed by atoms with Gasteiger partial charge in [0.15, 0.2) is 0 Å². The third kappa shape index (κ3) is 2.19. The molecule has 0 spiro atoms. The summed E-state index contributed by atoms with van der Waals surface area (Å²) in [7, 11) is 0. The molecule has 0 atom stereocenters. The molecule has 0 saturated heterocycles. The zero-order valence-electron chi connectivity index (χ0n) is 8.09. The Morgan fingerprint density at radius 3 is 2.73 bits per heavy atom. The molecule has 5 heteroatoms. The van der Waals surface area contributed by atoms with E-state index in [-0.39, 0.29) is 5.95 Å². The van der Waals surface area contributed by atoms with Crippen molar-refractivity contribution in [3.63, 3.8) is 0 Å². The van der Waals surface area contributed by atoms with Gasteiger partial charge in [0.1, 0.15) is 5.82 Å². The molecule has 4 N–H and O–H groups in total. The van der Waals surface area contributed by atoms with Gasteiger partial charge in [-0.1, -0.05) is 6.07 Å². The Balaban J connectivity index is 2.25. The number of pyridine rings is 1. The number of nitrogens with zero attached hydrogens (tertiary/aromatic N) is 3. The lowest BCUT2D eigenvalue weighted by molar-refractivity contribution is 1.08. The van der Waals surface area contributed by atoms with Gasteiger partial charge in [-0.3, -0.25) is 4.98 Å². The van der Waals surface area contributed by atoms with Crippen molar-refractivity contribution in [2.24, 2.45) is 0 Å². The first-order chi connectivity index (χ1) is 7.25. The molecule has 0 fully saturated rings. The summed E-state index contributed by atoms with van der Waals surface area (Å²) in [5, 5.41) is 0.